The molecule has 0 spiro atoms. The van der Waals surface area contributed by atoms with Crippen LogP contribution in [-0.4, -0.2) is 45.0 Å². The van der Waals surface area contributed by atoms with Gasteiger partial charge in [-0.05, 0) is 30.2 Å². The second-order valence-corrected chi connectivity index (χ2v) is 6.12. The average molecular weight is 323 g/mol. The third kappa shape index (κ3) is 6.99. The lowest BCUT2D eigenvalue weighted by molar-refractivity contribution is -0.128. The second kappa shape index (κ2) is 10.2. The van der Waals surface area contributed by atoms with Gasteiger partial charge in [0.2, 0.25) is 5.91 Å². The second-order valence-electron chi connectivity index (χ2n) is 6.12. The summed E-state index contributed by atoms with van der Waals surface area (Å²) in [5.41, 5.74) is 1.98. The summed E-state index contributed by atoms with van der Waals surface area (Å²) in [4.78, 5) is 15.3. The Bertz CT molecular complexity index is 491. The van der Waals surface area contributed by atoms with E-state index in [1.807, 2.05) is 13.1 Å². The largest absolute Gasteiger partial charge is 0.374 e. The van der Waals surface area contributed by atoms with Gasteiger partial charge in [-0.25, -0.2) is 4.39 Å². The SMILES string of the molecule is CCCCCN(C)c1ccc(F)cc1CNCCC(=O)N(C)C. The Hall–Kier alpha value is -1.62. The van der Waals surface area contributed by atoms with Crippen LogP contribution in [0.1, 0.15) is 38.2 Å². The lowest BCUT2D eigenvalue weighted by Crippen LogP contribution is -2.27. The molecule has 0 saturated carbocycles. The first kappa shape index (κ1) is 19.4. The van der Waals surface area contributed by atoms with Crippen LogP contribution in [0.15, 0.2) is 18.2 Å². The minimum absolute atomic E-state index is 0.0913. The van der Waals surface area contributed by atoms with Gasteiger partial charge in [-0.3, -0.25) is 4.79 Å². The van der Waals surface area contributed by atoms with Crippen molar-refractivity contribution in [1.29, 1.82) is 0 Å². The smallest absolute Gasteiger partial charge is 0.223 e. The first-order chi connectivity index (χ1) is 11.0. The molecule has 1 rings (SSSR count). The van der Waals surface area contributed by atoms with Crippen LogP contribution in [-0.2, 0) is 11.3 Å². The van der Waals surface area contributed by atoms with Gasteiger partial charge in [0.05, 0.1) is 0 Å². The van der Waals surface area contributed by atoms with Crippen molar-refractivity contribution in [2.75, 3.05) is 39.1 Å². The molecule has 0 aliphatic carbocycles. The monoisotopic (exact) mass is 323 g/mol. The van der Waals surface area contributed by atoms with E-state index in [2.05, 4.69) is 17.1 Å². The number of unbranched alkanes of at least 4 members (excludes halogenated alkanes) is 2. The van der Waals surface area contributed by atoms with Crippen molar-refractivity contribution in [1.82, 2.24) is 10.2 Å². The molecular weight excluding hydrogens is 293 g/mol. The topological polar surface area (TPSA) is 35.6 Å². The van der Waals surface area contributed by atoms with Crippen LogP contribution in [0.4, 0.5) is 10.1 Å². The Morgan fingerprint density at radius 3 is 2.61 bits per heavy atom. The van der Waals surface area contributed by atoms with Gasteiger partial charge in [0, 0.05) is 52.9 Å². The summed E-state index contributed by atoms with van der Waals surface area (Å²) in [6.45, 7) is 4.30. The van der Waals surface area contributed by atoms with E-state index >= 15 is 0 Å². The number of halogens is 1. The number of nitrogens with zero attached hydrogens (tertiary/aromatic N) is 2. The lowest BCUT2D eigenvalue weighted by atomic mass is 10.1. The molecule has 1 N–H and O–H groups in total. The highest BCUT2D eigenvalue weighted by Crippen LogP contribution is 2.21. The van der Waals surface area contributed by atoms with Crippen molar-refractivity contribution < 1.29 is 9.18 Å². The number of anilines is 1. The van der Waals surface area contributed by atoms with E-state index in [-0.39, 0.29) is 11.7 Å². The number of benzene rings is 1. The Morgan fingerprint density at radius 1 is 1.22 bits per heavy atom. The maximum atomic E-state index is 13.6. The molecule has 130 valence electrons. The van der Waals surface area contributed by atoms with Crippen molar-refractivity contribution in [3.05, 3.63) is 29.6 Å². The standard InChI is InChI=1S/C18H30FN3O/c1-5-6-7-12-22(4)17-9-8-16(19)13-15(17)14-20-11-10-18(23)21(2)3/h8-9,13,20H,5-7,10-12,14H2,1-4H3. The molecule has 1 aromatic carbocycles. The van der Waals surface area contributed by atoms with Crippen molar-refractivity contribution in [3.8, 4) is 0 Å². The first-order valence-electron chi connectivity index (χ1n) is 8.36. The molecule has 23 heavy (non-hydrogen) atoms. The third-order valence-corrected chi connectivity index (χ3v) is 3.88. The van der Waals surface area contributed by atoms with Gasteiger partial charge in [0.1, 0.15) is 5.82 Å². The zero-order valence-corrected chi connectivity index (χ0v) is 14.9. The molecule has 0 atom stereocenters. The summed E-state index contributed by atoms with van der Waals surface area (Å²) in [7, 11) is 5.54. The molecule has 0 aliphatic heterocycles. The molecular formula is C18H30FN3O. The van der Waals surface area contributed by atoms with Crippen molar-refractivity contribution in [3.63, 3.8) is 0 Å². The summed E-state index contributed by atoms with van der Waals surface area (Å²) >= 11 is 0. The van der Waals surface area contributed by atoms with Crippen LogP contribution < -0.4 is 10.2 Å². The molecule has 5 heteroatoms. The van der Waals surface area contributed by atoms with Gasteiger partial charge in [-0.1, -0.05) is 19.8 Å². The molecule has 0 unspecified atom stereocenters. The fraction of sp³-hybridized carbons (Fsp3) is 0.611. The summed E-state index contributed by atoms with van der Waals surface area (Å²) in [5, 5.41) is 3.24. The van der Waals surface area contributed by atoms with E-state index in [1.165, 1.54) is 18.9 Å². The molecule has 1 amide bonds. The predicted octanol–water partition coefficient (Wildman–Crippen LogP) is 3.02. The van der Waals surface area contributed by atoms with Crippen LogP contribution in [0.2, 0.25) is 0 Å². The van der Waals surface area contributed by atoms with E-state index in [9.17, 15) is 9.18 Å². The number of hydrogen-bond donors (Lipinski definition) is 1. The van der Waals surface area contributed by atoms with E-state index in [4.69, 9.17) is 0 Å². The number of carbonyl (C=O) groups is 1. The van der Waals surface area contributed by atoms with Gasteiger partial charge < -0.3 is 15.1 Å². The highest BCUT2D eigenvalue weighted by molar-refractivity contribution is 5.75. The van der Waals surface area contributed by atoms with E-state index in [0.29, 0.717) is 19.5 Å². The number of amides is 1. The molecule has 0 aromatic heterocycles. The summed E-state index contributed by atoms with van der Waals surface area (Å²) in [6.07, 6.45) is 3.97. The Kier molecular flexibility index (Phi) is 8.62. The van der Waals surface area contributed by atoms with E-state index in [1.54, 1.807) is 25.1 Å². The van der Waals surface area contributed by atoms with Crippen molar-refractivity contribution in [2.24, 2.45) is 0 Å². The molecule has 1 aromatic rings. The van der Waals surface area contributed by atoms with Gasteiger partial charge >= 0.3 is 0 Å². The number of carbonyl (C=O) groups excluding carboxylic acids is 1. The maximum absolute atomic E-state index is 13.6. The molecule has 0 aliphatic rings. The van der Waals surface area contributed by atoms with E-state index in [0.717, 1.165) is 24.2 Å². The Morgan fingerprint density at radius 2 is 1.96 bits per heavy atom. The van der Waals surface area contributed by atoms with E-state index < -0.39 is 0 Å². The summed E-state index contributed by atoms with van der Waals surface area (Å²) in [5.74, 6) is -0.134. The van der Waals surface area contributed by atoms with Gasteiger partial charge in [-0.2, -0.15) is 0 Å². The average Bonchev–Trinajstić information content (AvgIpc) is 2.51. The zero-order valence-electron chi connectivity index (χ0n) is 14.9. The highest BCUT2D eigenvalue weighted by atomic mass is 19.1. The minimum atomic E-state index is -0.225. The van der Waals surface area contributed by atoms with Crippen LogP contribution in [0, 0.1) is 5.82 Å². The maximum Gasteiger partial charge on any atom is 0.223 e. The predicted molar refractivity (Wildman–Crippen MR) is 94.2 cm³/mol. The summed E-state index contributed by atoms with van der Waals surface area (Å²) < 4.78 is 13.6. The quantitative estimate of drug-likeness (QED) is 0.672. The molecule has 4 nitrogen and oxygen atoms in total. The first-order valence-corrected chi connectivity index (χ1v) is 8.36. The normalized spacial score (nSPS) is 10.7. The zero-order chi connectivity index (χ0) is 17.2. The van der Waals surface area contributed by atoms with Gasteiger partial charge in [0.15, 0.2) is 0 Å². The van der Waals surface area contributed by atoms with Crippen molar-refractivity contribution >= 4 is 11.6 Å². The van der Waals surface area contributed by atoms with Gasteiger partial charge in [-0.15, -0.1) is 0 Å². The Balaban J connectivity index is 2.59. The molecule has 0 fully saturated rings. The number of hydrogen-bond acceptors (Lipinski definition) is 3. The molecule has 0 saturated heterocycles. The van der Waals surface area contributed by atoms with Crippen LogP contribution in [0.5, 0.6) is 0 Å². The number of nitrogens with one attached hydrogen (secondary N) is 1. The van der Waals surface area contributed by atoms with Crippen LogP contribution in [0.3, 0.4) is 0 Å². The highest BCUT2D eigenvalue weighted by Gasteiger charge is 2.09. The molecule has 0 bridgehead atoms. The lowest BCUT2D eigenvalue weighted by Gasteiger charge is -2.23. The fourth-order valence-corrected chi connectivity index (χ4v) is 2.43. The Labute approximate surface area is 139 Å². The van der Waals surface area contributed by atoms with Crippen LogP contribution >= 0.6 is 0 Å². The minimum Gasteiger partial charge on any atom is -0.374 e. The van der Waals surface area contributed by atoms with Gasteiger partial charge in [0.25, 0.3) is 0 Å². The van der Waals surface area contributed by atoms with Crippen LogP contribution in [0.25, 0.3) is 0 Å². The van der Waals surface area contributed by atoms with Crippen molar-refractivity contribution in [2.45, 2.75) is 39.2 Å². The fourth-order valence-electron chi connectivity index (χ4n) is 2.43. The summed E-state index contributed by atoms with van der Waals surface area (Å²) in [6, 6.07) is 4.92. The molecule has 0 radical (unpaired) electrons. The third-order valence-electron chi connectivity index (χ3n) is 3.88. The number of rotatable bonds is 10. The molecule has 0 heterocycles.